The van der Waals surface area contributed by atoms with Crippen molar-refractivity contribution < 1.29 is 14.6 Å². The highest BCUT2D eigenvalue weighted by Gasteiger charge is 2.37. The van der Waals surface area contributed by atoms with Crippen molar-refractivity contribution in [3.05, 3.63) is 38.6 Å². The first kappa shape index (κ1) is 19.9. The van der Waals surface area contributed by atoms with Crippen LogP contribution in [0.25, 0.3) is 21.9 Å². The number of carbonyl (C=O) groups is 1. The Hall–Kier alpha value is -2.78. The number of nitrogens with zero attached hydrogens (tertiary/aromatic N) is 4. The van der Waals surface area contributed by atoms with Gasteiger partial charge in [-0.3, -0.25) is 9.20 Å². The minimum absolute atomic E-state index is 0.193. The minimum Gasteiger partial charge on any atom is -0.477 e. The van der Waals surface area contributed by atoms with Gasteiger partial charge in [-0.05, 0) is 50.0 Å². The average Bonchev–Trinajstić information content (AvgIpc) is 3.19. The van der Waals surface area contributed by atoms with Crippen LogP contribution in [-0.4, -0.2) is 51.7 Å². The third-order valence-corrected chi connectivity index (χ3v) is 8.48. The van der Waals surface area contributed by atoms with Crippen molar-refractivity contribution >= 4 is 45.2 Å². The number of thiazole rings is 1. The summed E-state index contributed by atoms with van der Waals surface area (Å²) in [4.78, 5) is 38.0. The van der Waals surface area contributed by atoms with Crippen molar-refractivity contribution in [2.45, 2.75) is 38.5 Å². The lowest BCUT2D eigenvalue weighted by Crippen LogP contribution is -2.43. The lowest BCUT2D eigenvalue weighted by atomic mass is 9.72. The Morgan fingerprint density at radius 3 is 2.72 bits per heavy atom. The molecule has 0 atom stereocenters. The van der Waals surface area contributed by atoms with Crippen LogP contribution >= 0.6 is 11.3 Å². The monoisotopic (exact) mass is 452 g/mol. The Labute approximate surface area is 188 Å². The molecule has 32 heavy (non-hydrogen) atoms. The number of ether oxygens (including phenoxy) is 1. The number of carboxylic acid groups (broad SMARTS) is 1. The van der Waals surface area contributed by atoms with E-state index in [1.54, 1.807) is 0 Å². The molecule has 0 bridgehead atoms. The highest BCUT2D eigenvalue weighted by Crippen LogP contribution is 2.41. The van der Waals surface area contributed by atoms with Gasteiger partial charge in [-0.2, -0.15) is 4.98 Å². The van der Waals surface area contributed by atoms with Crippen molar-refractivity contribution in [1.82, 2.24) is 14.4 Å². The van der Waals surface area contributed by atoms with Crippen molar-refractivity contribution in [3.8, 4) is 0 Å². The van der Waals surface area contributed by atoms with E-state index in [0.717, 1.165) is 75.4 Å². The normalized spacial score (nSPS) is 20.2. The maximum Gasteiger partial charge on any atom is 0.342 e. The number of carboxylic acids is 1. The molecule has 0 radical (unpaired) electrons. The highest BCUT2D eigenvalue weighted by molar-refractivity contribution is 7.18. The number of fused-ring (bicyclic) bond motifs is 5. The summed E-state index contributed by atoms with van der Waals surface area (Å²) < 4.78 is 7.44. The topological polar surface area (TPSA) is 97.0 Å². The fourth-order valence-electron chi connectivity index (χ4n) is 5.36. The number of anilines is 1. The number of hydrogen-bond acceptors (Lipinski definition) is 7. The summed E-state index contributed by atoms with van der Waals surface area (Å²) in [5, 5.41) is 10.0. The van der Waals surface area contributed by atoms with Crippen molar-refractivity contribution in [1.29, 1.82) is 0 Å². The molecule has 0 aromatic carbocycles. The lowest BCUT2D eigenvalue weighted by molar-refractivity contribution is 0.00199. The van der Waals surface area contributed by atoms with Crippen LogP contribution in [-0.2, 0) is 11.2 Å². The van der Waals surface area contributed by atoms with Gasteiger partial charge in [0.15, 0.2) is 5.65 Å². The molecule has 1 aliphatic carbocycles. The summed E-state index contributed by atoms with van der Waals surface area (Å²) in [5.41, 5.74) is 1.19. The number of aromatic carboxylic acids is 1. The molecule has 2 aliphatic heterocycles. The largest absolute Gasteiger partial charge is 0.477 e. The molecule has 3 aliphatic rings. The van der Waals surface area contributed by atoms with Gasteiger partial charge in [-0.15, -0.1) is 11.3 Å². The summed E-state index contributed by atoms with van der Waals surface area (Å²) in [7, 11) is 0. The van der Waals surface area contributed by atoms with Crippen molar-refractivity contribution in [2.24, 2.45) is 5.41 Å². The van der Waals surface area contributed by atoms with Crippen molar-refractivity contribution in [2.75, 3.05) is 31.2 Å². The molecule has 2 saturated heterocycles. The molecule has 0 amide bonds. The second-order valence-electron chi connectivity index (χ2n) is 9.01. The van der Waals surface area contributed by atoms with E-state index in [1.165, 1.54) is 17.5 Å². The second-order valence-corrected chi connectivity index (χ2v) is 10.0. The summed E-state index contributed by atoms with van der Waals surface area (Å²) in [5.74, 6) is -0.596. The smallest absolute Gasteiger partial charge is 0.342 e. The van der Waals surface area contributed by atoms with E-state index in [0.29, 0.717) is 21.8 Å². The second kappa shape index (κ2) is 7.38. The number of rotatable bonds is 2. The molecular weight excluding hydrogens is 428 g/mol. The zero-order chi connectivity index (χ0) is 21.9. The Kier molecular flexibility index (Phi) is 4.58. The fourth-order valence-corrected chi connectivity index (χ4v) is 6.61. The molecular formula is C23H24N4O4S. The number of pyridine rings is 1. The van der Waals surface area contributed by atoms with Crippen LogP contribution in [0.5, 0.6) is 0 Å². The van der Waals surface area contributed by atoms with Crippen LogP contribution in [0.15, 0.2) is 17.1 Å². The van der Waals surface area contributed by atoms with Crippen LogP contribution in [0.4, 0.5) is 5.95 Å². The molecule has 8 nitrogen and oxygen atoms in total. The van der Waals surface area contributed by atoms with Crippen molar-refractivity contribution in [3.63, 3.8) is 0 Å². The number of allylic oxidation sites excluding steroid dienone is 1. The van der Waals surface area contributed by atoms with E-state index in [4.69, 9.17) is 9.72 Å². The predicted octanol–water partition coefficient (Wildman–Crippen LogP) is 3.36. The molecule has 2 fully saturated rings. The van der Waals surface area contributed by atoms with E-state index in [1.807, 2.05) is 10.5 Å². The van der Waals surface area contributed by atoms with Gasteiger partial charge in [-0.25, -0.2) is 9.78 Å². The molecule has 9 heteroatoms. The van der Waals surface area contributed by atoms with E-state index < -0.39 is 11.4 Å². The standard InChI is InChI=1S/C23H24N4O4S/c28-18-14-13-24-22(26-9-5-23(6-10-26)7-11-31-12-8-23)25-19(14)27-15-3-1-2-4-16(15)32-20(27)17(18)21(29)30/h2,4,13H,1,3,5-12H2,(H,29,30). The SMILES string of the molecule is O=C(O)c1c(=O)c2cnc(N3CCC4(CCOCC4)CC3)nc2n2c3c(sc12)C=CCC3. The van der Waals surface area contributed by atoms with E-state index in [-0.39, 0.29) is 10.9 Å². The van der Waals surface area contributed by atoms with Crippen LogP contribution in [0.2, 0.25) is 0 Å². The average molecular weight is 453 g/mol. The molecule has 6 rings (SSSR count). The van der Waals surface area contributed by atoms with Gasteiger partial charge in [0.1, 0.15) is 10.4 Å². The molecule has 3 aromatic heterocycles. The predicted molar refractivity (Wildman–Crippen MR) is 123 cm³/mol. The zero-order valence-electron chi connectivity index (χ0n) is 17.7. The van der Waals surface area contributed by atoms with E-state index >= 15 is 0 Å². The highest BCUT2D eigenvalue weighted by atomic mass is 32.1. The number of hydrogen-bond donors (Lipinski definition) is 1. The summed E-state index contributed by atoms with van der Waals surface area (Å²) >= 11 is 1.35. The van der Waals surface area contributed by atoms with Crippen LogP contribution < -0.4 is 10.3 Å². The Morgan fingerprint density at radius 1 is 1.19 bits per heavy atom. The van der Waals surface area contributed by atoms with Crippen LogP contribution in [0, 0.1) is 5.41 Å². The van der Waals surface area contributed by atoms with Gasteiger partial charge in [-0.1, -0.05) is 6.08 Å². The Morgan fingerprint density at radius 2 is 1.97 bits per heavy atom. The van der Waals surface area contributed by atoms with Crippen LogP contribution in [0.3, 0.4) is 0 Å². The quantitative estimate of drug-likeness (QED) is 0.637. The first-order valence-corrected chi connectivity index (χ1v) is 12.0. The molecule has 3 aromatic rings. The Bertz CT molecular complexity index is 1330. The minimum atomic E-state index is -1.21. The van der Waals surface area contributed by atoms with Gasteiger partial charge in [0.25, 0.3) is 0 Å². The van der Waals surface area contributed by atoms with E-state index in [9.17, 15) is 14.7 Å². The molecule has 0 saturated carbocycles. The molecule has 1 N–H and O–H groups in total. The third-order valence-electron chi connectivity index (χ3n) is 7.31. The van der Waals surface area contributed by atoms with E-state index in [2.05, 4.69) is 16.0 Å². The molecule has 5 heterocycles. The number of aromatic nitrogens is 3. The maximum absolute atomic E-state index is 13.1. The first-order chi connectivity index (χ1) is 15.6. The molecule has 0 unspecified atom stereocenters. The van der Waals surface area contributed by atoms with Gasteiger partial charge < -0.3 is 14.7 Å². The summed E-state index contributed by atoms with van der Waals surface area (Å²) in [6.07, 6.45) is 11.7. The van der Waals surface area contributed by atoms with Gasteiger partial charge in [0.2, 0.25) is 11.4 Å². The lowest BCUT2D eigenvalue weighted by Gasteiger charge is -2.44. The van der Waals surface area contributed by atoms with Gasteiger partial charge in [0.05, 0.1) is 5.39 Å². The Balaban J connectivity index is 1.47. The summed E-state index contributed by atoms with van der Waals surface area (Å²) in [6, 6.07) is 0. The molecule has 166 valence electrons. The zero-order valence-corrected chi connectivity index (χ0v) is 18.5. The number of piperidine rings is 1. The number of aryl methyl sites for hydroxylation is 1. The summed E-state index contributed by atoms with van der Waals surface area (Å²) in [6.45, 7) is 3.44. The van der Waals surface area contributed by atoms with Crippen LogP contribution in [0.1, 0.15) is 53.0 Å². The fraction of sp³-hybridized carbons (Fsp3) is 0.478. The maximum atomic E-state index is 13.1. The first-order valence-electron chi connectivity index (χ1n) is 11.2. The van der Waals surface area contributed by atoms with Gasteiger partial charge in [0, 0.05) is 43.1 Å². The third kappa shape index (κ3) is 2.98. The van der Waals surface area contributed by atoms with Gasteiger partial charge >= 0.3 is 5.97 Å². The molecule has 1 spiro atoms.